The smallest absolute Gasteiger partial charge is 0.872 e. The van der Waals surface area contributed by atoms with Gasteiger partial charge in [-0.3, -0.25) is 4.55 Å². The monoisotopic (exact) mass is 472 g/mol. The van der Waals surface area contributed by atoms with E-state index in [1.54, 1.807) is 12.1 Å². The molecule has 0 radical (unpaired) electrons. The number of ether oxygens (including phenoxy) is 1. The molecule has 166 valence electrons. The summed E-state index contributed by atoms with van der Waals surface area (Å²) in [4.78, 5) is -0.299. The van der Waals surface area contributed by atoms with Crippen LogP contribution in [0.2, 0.25) is 0 Å². The van der Waals surface area contributed by atoms with Crippen LogP contribution in [0.1, 0.15) is 76.7 Å². The van der Waals surface area contributed by atoms with Crippen LogP contribution in [0.25, 0.3) is 0 Å². The number of unbranched alkanes of at least 4 members (excludes halogenated alkanes) is 9. The predicted molar refractivity (Wildman–Crippen MR) is 118 cm³/mol. The summed E-state index contributed by atoms with van der Waals surface area (Å²) in [6.07, 6.45) is 13.0. The summed E-state index contributed by atoms with van der Waals surface area (Å²) in [5.74, 6) is 0.373. The molecule has 0 saturated heterocycles. The molecule has 1 N–H and O–H groups in total. The van der Waals surface area contributed by atoms with E-state index in [2.05, 4.69) is 6.92 Å². The molecule has 0 spiro atoms. The third kappa shape index (κ3) is 10.8. The third-order valence-electron chi connectivity index (χ3n) is 5.19. The van der Waals surface area contributed by atoms with Crippen molar-refractivity contribution in [1.82, 2.24) is 0 Å². The molecule has 0 unspecified atom stereocenters. The molecule has 0 aliphatic rings. The Morgan fingerprint density at radius 1 is 0.871 bits per heavy atom. The van der Waals surface area contributed by atoms with E-state index in [4.69, 9.17) is 4.74 Å². The van der Waals surface area contributed by atoms with Gasteiger partial charge < -0.3 is 9.84 Å². The molecule has 0 bridgehead atoms. The van der Waals surface area contributed by atoms with Crippen molar-refractivity contribution >= 4 is 10.1 Å². The van der Waals surface area contributed by atoms with Crippen molar-refractivity contribution in [3.8, 4) is 17.2 Å². The second kappa shape index (κ2) is 15.4. The molecule has 0 atom stereocenters. The van der Waals surface area contributed by atoms with Crippen LogP contribution < -0.4 is 61.2 Å². The molecular weight excluding hydrogens is 439 g/mol. The van der Waals surface area contributed by atoms with Crippen LogP contribution in [-0.2, 0) is 16.5 Å². The van der Waals surface area contributed by atoms with Crippen molar-refractivity contribution in [3.05, 3.63) is 48.0 Å². The van der Waals surface area contributed by atoms with Crippen LogP contribution in [0.4, 0.5) is 0 Å². The maximum atomic E-state index is 12.1. The molecule has 2 aromatic rings. The fraction of sp³-hybridized carbons (Fsp3) is 0.500. The van der Waals surface area contributed by atoms with Gasteiger partial charge in [0.15, 0.2) is 0 Å². The first kappa shape index (κ1) is 28.6. The Balaban J connectivity index is 0.00000480. The molecule has 0 aromatic heterocycles. The number of benzene rings is 2. The van der Waals surface area contributed by atoms with Crippen molar-refractivity contribution in [2.75, 3.05) is 0 Å². The molecule has 0 saturated carbocycles. The fourth-order valence-electron chi connectivity index (χ4n) is 3.49. The largest absolute Gasteiger partial charge is 1.00 e. The molecule has 5 nitrogen and oxygen atoms in total. The van der Waals surface area contributed by atoms with E-state index >= 15 is 0 Å². The normalized spacial score (nSPS) is 11.2. The number of hydrogen-bond donors (Lipinski definition) is 1. The van der Waals surface area contributed by atoms with Crippen LogP contribution in [-0.4, -0.2) is 13.0 Å². The van der Waals surface area contributed by atoms with Crippen LogP contribution in [0.15, 0.2) is 47.4 Å². The Morgan fingerprint density at radius 2 is 1.45 bits per heavy atom. The molecule has 2 rings (SSSR count). The van der Waals surface area contributed by atoms with Gasteiger partial charge in [0.05, 0.1) is 0 Å². The zero-order valence-electron chi connectivity index (χ0n) is 18.8. The van der Waals surface area contributed by atoms with E-state index < -0.39 is 10.1 Å². The standard InChI is InChI=1S/C24H34O5S.K/c1-2-3-4-5-6-7-8-9-10-11-14-20-19-21(17-18-22(20)25)29-23-15-12-13-16-24(23)30(26,27)28;/h12-13,15-19,25H,2-11,14H2,1H3,(H,26,27,28);/q;+1/p-1. The summed E-state index contributed by atoms with van der Waals surface area (Å²) >= 11 is 0. The van der Waals surface area contributed by atoms with Gasteiger partial charge in [-0.05, 0) is 37.1 Å². The van der Waals surface area contributed by atoms with E-state index in [-0.39, 0.29) is 67.8 Å². The van der Waals surface area contributed by atoms with Crippen LogP contribution in [0.3, 0.4) is 0 Å². The van der Waals surface area contributed by atoms with Gasteiger partial charge in [-0.2, -0.15) is 8.42 Å². The molecule has 0 fully saturated rings. The summed E-state index contributed by atoms with van der Waals surface area (Å²) in [6, 6.07) is 10.5. The van der Waals surface area contributed by atoms with Gasteiger partial charge in [-0.25, -0.2) is 0 Å². The number of para-hydroxylation sites is 1. The Labute approximate surface area is 229 Å². The molecule has 0 heterocycles. The molecule has 0 amide bonds. The summed E-state index contributed by atoms with van der Waals surface area (Å²) in [5, 5.41) is 12.1. The minimum absolute atomic E-state index is 0. The van der Waals surface area contributed by atoms with Gasteiger partial charge in [0.1, 0.15) is 16.4 Å². The van der Waals surface area contributed by atoms with E-state index in [9.17, 15) is 18.1 Å². The zero-order valence-corrected chi connectivity index (χ0v) is 22.7. The van der Waals surface area contributed by atoms with Gasteiger partial charge >= 0.3 is 51.4 Å². The first-order valence-corrected chi connectivity index (χ1v) is 12.4. The summed E-state index contributed by atoms with van der Waals surface area (Å²) in [6.45, 7) is 2.23. The van der Waals surface area contributed by atoms with Crippen molar-refractivity contribution in [3.63, 3.8) is 0 Å². The van der Waals surface area contributed by atoms with Gasteiger partial charge in [-0.1, -0.05) is 88.5 Å². The second-order valence-corrected chi connectivity index (χ2v) is 9.12. The maximum absolute atomic E-state index is 12.1. The van der Waals surface area contributed by atoms with E-state index in [1.165, 1.54) is 81.7 Å². The third-order valence-corrected chi connectivity index (χ3v) is 6.08. The summed E-state index contributed by atoms with van der Waals surface area (Å²) < 4.78 is 38.0. The van der Waals surface area contributed by atoms with E-state index in [1.807, 2.05) is 0 Å². The first-order valence-electron chi connectivity index (χ1n) is 11.0. The Bertz CT molecular complexity index is 883. The average Bonchev–Trinajstić information content (AvgIpc) is 2.71. The van der Waals surface area contributed by atoms with Crippen LogP contribution in [0.5, 0.6) is 17.2 Å². The molecule has 31 heavy (non-hydrogen) atoms. The summed E-state index contributed by atoms with van der Waals surface area (Å²) in [7, 11) is -4.39. The second-order valence-electron chi connectivity index (χ2n) is 7.73. The van der Waals surface area contributed by atoms with Gasteiger partial charge in [-0.15, -0.1) is 5.75 Å². The van der Waals surface area contributed by atoms with Crippen molar-refractivity contribution < 1.29 is 74.2 Å². The van der Waals surface area contributed by atoms with Crippen LogP contribution >= 0.6 is 0 Å². The number of rotatable bonds is 14. The van der Waals surface area contributed by atoms with Crippen molar-refractivity contribution in [1.29, 1.82) is 0 Å². The minimum atomic E-state index is -4.39. The zero-order chi connectivity index (χ0) is 21.8. The van der Waals surface area contributed by atoms with Crippen molar-refractivity contribution in [2.45, 2.75) is 82.4 Å². The van der Waals surface area contributed by atoms with Crippen LogP contribution in [0, 0.1) is 0 Å². The Hall–Kier alpha value is -0.414. The van der Waals surface area contributed by atoms with Crippen molar-refractivity contribution in [2.24, 2.45) is 0 Å². The molecule has 0 aliphatic carbocycles. The van der Waals surface area contributed by atoms with Gasteiger partial charge in [0.2, 0.25) is 0 Å². The topological polar surface area (TPSA) is 86.7 Å². The minimum Gasteiger partial charge on any atom is -0.872 e. The molecular formula is C24H33KO5S. The Kier molecular flexibility index (Phi) is 14.2. The van der Waals surface area contributed by atoms with Gasteiger partial charge in [0.25, 0.3) is 10.1 Å². The quantitative estimate of drug-likeness (QED) is 0.259. The fourth-order valence-corrected chi connectivity index (χ4v) is 4.11. The maximum Gasteiger partial charge on any atom is 1.00 e. The van der Waals surface area contributed by atoms with E-state index in [0.717, 1.165) is 12.8 Å². The van der Waals surface area contributed by atoms with E-state index in [0.29, 0.717) is 17.7 Å². The first-order chi connectivity index (χ1) is 14.4. The molecule has 7 heteroatoms. The number of hydrogen-bond acceptors (Lipinski definition) is 4. The van der Waals surface area contributed by atoms with Gasteiger partial charge in [0, 0.05) is 0 Å². The molecule has 0 aliphatic heterocycles. The molecule has 2 aromatic carbocycles. The average molecular weight is 473 g/mol. The summed E-state index contributed by atoms with van der Waals surface area (Å²) in [5.41, 5.74) is 0.663. The Morgan fingerprint density at radius 3 is 2.06 bits per heavy atom. The predicted octanol–water partition coefficient (Wildman–Crippen LogP) is 3.27. The number of aryl methyl sites for hydroxylation is 1. The SMILES string of the molecule is CCCCCCCCCCCCc1cc(Oc2ccccc2S(=O)(=O)O)ccc1[O-].[K+].